The molecule has 0 heterocycles. The van der Waals surface area contributed by atoms with E-state index in [1.807, 2.05) is 0 Å². The highest BCUT2D eigenvalue weighted by atomic mass is 28.4. The molecule has 1 aromatic carbocycles. The van der Waals surface area contributed by atoms with Gasteiger partial charge in [-0.15, -0.1) is 0 Å². The van der Waals surface area contributed by atoms with Crippen LogP contribution in [0.3, 0.4) is 0 Å². The summed E-state index contributed by atoms with van der Waals surface area (Å²) >= 11 is 0. The van der Waals surface area contributed by atoms with Gasteiger partial charge in [0.05, 0.1) is 0 Å². The number of benzene rings is 1. The maximum Gasteiger partial charge on any atom is 0.429 e. The monoisotopic (exact) mass is 358 g/mol. The predicted molar refractivity (Wildman–Crippen MR) is 78.5 cm³/mol. The second-order valence-electron chi connectivity index (χ2n) is 5.39. The van der Waals surface area contributed by atoms with Crippen molar-refractivity contribution in [3.8, 4) is 0 Å². The number of hydrogen-bond donors (Lipinski definition) is 0. The van der Waals surface area contributed by atoms with E-state index in [2.05, 4.69) is 0 Å². The van der Waals surface area contributed by atoms with Crippen LogP contribution in [0.1, 0.15) is 26.3 Å². The molecule has 0 aliphatic carbocycles. The normalized spacial score (nSPS) is 14.1. The molecule has 1 rings (SSSR count). The van der Waals surface area contributed by atoms with Crippen LogP contribution in [0.15, 0.2) is 30.3 Å². The number of alkyl halides is 6. The Labute approximate surface area is 132 Å². The molecule has 0 N–H and O–H groups in total. The van der Waals surface area contributed by atoms with E-state index in [9.17, 15) is 26.3 Å². The summed E-state index contributed by atoms with van der Waals surface area (Å²) in [4.78, 5) is 0. The van der Waals surface area contributed by atoms with E-state index < -0.39 is 31.8 Å². The van der Waals surface area contributed by atoms with Crippen LogP contribution in [0.2, 0.25) is 18.1 Å². The average Bonchev–Trinajstić information content (AvgIpc) is 2.48. The third-order valence-electron chi connectivity index (χ3n) is 4.28. The van der Waals surface area contributed by atoms with Crippen molar-refractivity contribution in [3.63, 3.8) is 0 Å². The van der Waals surface area contributed by atoms with Crippen molar-refractivity contribution >= 4 is 8.32 Å². The lowest BCUT2D eigenvalue weighted by atomic mass is 9.92. The fourth-order valence-electron chi connectivity index (χ4n) is 2.63. The van der Waals surface area contributed by atoms with Gasteiger partial charge in [0.15, 0.2) is 8.32 Å². The second-order valence-corrected chi connectivity index (χ2v) is 10.1. The molecule has 0 amide bonds. The Kier molecular flexibility index (Phi) is 5.96. The minimum atomic E-state index is -5.61. The molecule has 1 aromatic rings. The first-order valence-electron chi connectivity index (χ1n) is 7.38. The quantitative estimate of drug-likeness (QED) is 0.446. The van der Waals surface area contributed by atoms with E-state index >= 15 is 0 Å². The molecular weight excluding hydrogens is 338 g/mol. The summed E-state index contributed by atoms with van der Waals surface area (Å²) in [5.74, 6) is 0. The molecule has 0 aromatic heterocycles. The Bertz CT molecular complexity index is 471. The van der Waals surface area contributed by atoms with E-state index in [1.165, 1.54) is 6.07 Å². The van der Waals surface area contributed by atoms with Crippen molar-refractivity contribution in [1.29, 1.82) is 0 Å². The third kappa shape index (κ3) is 3.57. The van der Waals surface area contributed by atoms with Gasteiger partial charge < -0.3 is 4.43 Å². The molecule has 1 nitrogen and oxygen atoms in total. The molecule has 0 atom stereocenters. The summed E-state index contributed by atoms with van der Waals surface area (Å²) in [7, 11) is -3.20. The zero-order chi connectivity index (χ0) is 17.9. The number of halogens is 6. The van der Waals surface area contributed by atoms with Gasteiger partial charge in [0.1, 0.15) is 0 Å². The Morgan fingerprint density at radius 1 is 0.783 bits per heavy atom. The third-order valence-corrected chi connectivity index (χ3v) is 8.89. The largest absolute Gasteiger partial charge is 0.429 e. The molecule has 0 saturated heterocycles. The van der Waals surface area contributed by atoms with Crippen LogP contribution >= 0.6 is 0 Å². The van der Waals surface area contributed by atoms with Crippen molar-refractivity contribution in [2.24, 2.45) is 0 Å². The van der Waals surface area contributed by atoms with Gasteiger partial charge in [-0.05, 0) is 18.1 Å². The summed E-state index contributed by atoms with van der Waals surface area (Å²) < 4.78 is 87.1. The number of rotatable bonds is 6. The fraction of sp³-hybridized carbons (Fsp3) is 0.600. The Balaban J connectivity index is 3.66. The Hall–Kier alpha value is -1.02. The molecular formula is C15H20F6OSi. The lowest BCUT2D eigenvalue weighted by molar-refractivity contribution is -0.369. The van der Waals surface area contributed by atoms with Crippen LogP contribution in [0, 0.1) is 0 Å². The molecule has 0 fully saturated rings. The van der Waals surface area contributed by atoms with E-state index in [-0.39, 0.29) is 18.1 Å². The van der Waals surface area contributed by atoms with Crippen molar-refractivity contribution in [3.05, 3.63) is 35.9 Å². The van der Waals surface area contributed by atoms with E-state index in [4.69, 9.17) is 4.43 Å². The molecule has 0 bridgehead atoms. The van der Waals surface area contributed by atoms with Crippen molar-refractivity contribution in [2.45, 2.75) is 56.9 Å². The molecule has 0 radical (unpaired) electrons. The summed E-state index contributed by atoms with van der Waals surface area (Å²) in [6.45, 7) is 4.76. The van der Waals surface area contributed by atoms with Crippen LogP contribution in [-0.4, -0.2) is 20.7 Å². The van der Waals surface area contributed by atoms with Gasteiger partial charge in [0, 0.05) is 5.56 Å². The zero-order valence-corrected chi connectivity index (χ0v) is 14.2. The molecule has 0 spiro atoms. The Morgan fingerprint density at radius 3 is 1.48 bits per heavy atom. The van der Waals surface area contributed by atoms with Gasteiger partial charge in [0.2, 0.25) is 0 Å². The van der Waals surface area contributed by atoms with Crippen LogP contribution < -0.4 is 0 Å². The predicted octanol–water partition coefficient (Wildman–Crippen LogP) is 6.03. The topological polar surface area (TPSA) is 9.23 Å². The second kappa shape index (κ2) is 6.84. The maximum absolute atomic E-state index is 13.7. The highest BCUT2D eigenvalue weighted by molar-refractivity contribution is 6.73. The van der Waals surface area contributed by atoms with Crippen LogP contribution in [-0.2, 0) is 10.0 Å². The van der Waals surface area contributed by atoms with Crippen molar-refractivity contribution in [1.82, 2.24) is 0 Å². The van der Waals surface area contributed by atoms with Gasteiger partial charge in [-0.25, -0.2) is 0 Å². The minimum absolute atomic E-state index is 0.181. The standard InChI is InChI=1S/C15H20F6OSi/c1-4-23(5-2,6-3)22-13(14(16,17)18,15(19,20)21)12-10-8-7-9-11-12/h7-11H,4-6H2,1-3H3. The first kappa shape index (κ1) is 20.0. The molecule has 0 aliphatic heterocycles. The fourth-order valence-corrected chi connectivity index (χ4v) is 5.56. The minimum Gasteiger partial charge on any atom is -0.393 e. The van der Waals surface area contributed by atoms with Gasteiger partial charge >= 0.3 is 12.4 Å². The maximum atomic E-state index is 13.7. The molecule has 23 heavy (non-hydrogen) atoms. The van der Waals surface area contributed by atoms with Gasteiger partial charge in [-0.2, -0.15) is 26.3 Å². The zero-order valence-electron chi connectivity index (χ0n) is 13.2. The van der Waals surface area contributed by atoms with Crippen LogP contribution in [0.4, 0.5) is 26.3 Å². The van der Waals surface area contributed by atoms with Crippen molar-refractivity contribution in [2.75, 3.05) is 0 Å². The van der Waals surface area contributed by atoms with E-state index in [0.29, 0.717) is 0 Å². The number of hydrogen-bond acceptors (Lipinski definition) is 1. The molecule has 0 unspecified atom stereocenters. The molecule has 8 heteroatoms. The smallest absolute Gasteiger partial charge is 0.393 e. The van der Waals surface area contributed by atoms with Gasteiger partial charge in [0.25, 0.3) is 5.60 Å². The summed E-state index contributed by atoms with van der Waals surface area (Å²) in [6, 6.07) is 5.85. The Morgan fingerprint density at radius 2 is 1.17 bits per heavy atom. The highest BCUT2D eigenvalue weighted by Gasteiger charge is 2.74. The lowest BCUT2D eigenvalue weighted by Gasteiger charge is -2.44. The summed E-state index contributed by atoms with van der Waals surface area (Å²) in [5.41, 5.74) is -5.21. The van der Waals surface area contributed by atoms with E-state index in [0.717, 1.165) is 24.3 Å². The van der Waals surface area contributed by atoms with Crippen molar-refractivity contribution < 1.29 is 30.8 Å². The molecule has 132 valence electrons. The van der Waals surface area contributed by atoms with Crippen LogP contribution in [0.5, 0.6) is 0 Å². The van der Waals surface area contributed by atoms with Gasteiger partial charge in [-0.3, -0.25) is 0 Å². The molecule has 0 saturated carbocycles. The average molecular weight is 358 g/mol. The first-order chi connectivity index (χ1) is 10.5. The van der Waals surface area contributed by atoms with E-state index in [1.54, 1.807) is 20.8 Å². The first-order valence-corrected chi connectivity index (χ1v) is 9.91. The SMILES string of the molecule is CC[Si](CC)(CC)OC(c1ccccc1)(C(F)(F)F)C(F)(F)F. The lowest BCUT2D eigenvalue weighted by Crippen LogP contribution is -2.61. The highest BCUT2D eigenvalue weighted by Crippen LogP contribution is 2.55. The summed E-state index contributed by atoms with van der Waals surface area (Å²) in [5, 5.41) is 0. The van der Waals surface area contributed by atoms with Gasteiger partial charge in [-0.1, -0.05) is 51.1 Å². The molecule has 0 aliphatic rings. The summed E-state index contributed by atoms with van der Waals surface area (Å²) in [6.07, 6.45) is -11.2. The van der Waals surface area contributed by atoms with Crippen LogP contribution in [0.25, 0.3) is 0 Å².